The first-order valence-corrected chi connectivity index (χ1v) is 6.51. The lowest BCUT2D eigenvalue weighted by Crippen LogP contribution is -2.22. The van der Waals surface area contributed by atoms with Crippen molar-refractivity contribution in [3.05, 3.63) is 64.0 Å². The highest BCUT2D eigenvalue weighted by atomic mass is 19.1. The van der Waals surface area contributed by atoms with Crippen molar-refractivity contribution in [1.82, 2.24) is 0 Å². The fourth-order valence-electron chi connectivity index (χ4n) is 1.93. The molecule has 0 bridgehead atoms. The van der Waals surface area contributed by atoms with E-state index in [4.69, 9.17) is 0 Å². The van der Waals surface area contributed by atoms with E-state index in [0.29, 0.717) is 11.3 Å². The summed E-state index contributed by atoms with van der Waals surface area (Å²) >= 11 is 0. The third kappa shape index (κ3) is 3.57. The molecule has 0 aliphatic carbocycles. The fourth-order valence-corrected chi connectivity index (χ4v) is 1.93. The number of carbonyl (C=O) groups excluding carboxylic acids is 1. The number of carbonyl (C=O) groups is 1. The number of halogens is 1. The Bertz CT molecular complexity index is 719. The Labute approximate surface area is 126 Å². The van der Waals surface area contributed by atoms with Gasteiger partial charge in [0.1, 0.15) is 5.82 Å². The molecule has 114 valence electrons. The lowest BCUT2D eigenvalue weighted by molar-refractivity contribution is -0.385. The normalized spacial score (nSPS) is 10.1. The van der Waals surface area contributed by atoms with Gasteiger partial charge in [0.2, 0.25) is 5.91 Å². The molecule has 0 saturated carbocycles. The Morgan fingerprint density at radius 2 is 1.86 bits per heavy atom. The minimum atomic E-state index is -0.511. The van der Waals surface area contributed by atoms with Crippen LogP contribution in [0.3, 0.4) is 0 Å². The molecule has 0 radical (unpaired) electrons. The van der Waals surface area contributed by atoms with Crippen molar-refractivity contribution in [2.45, 2.75) is 6.92 Å². The number of anilines is 2. The first-order chi connectivity index (χ1) is 10.5. The number of rotatable bonds is 5. The van der Waals surface area contributed by atoms with Crippen LogP contribution in [0.1, 0.15) is 5.56 Å². The summed E-state index contributed by atoms with van der Waals surface area (Å²) in [7, 11) is 0. The molecule has 2 rings (SSSR count). The summed E-state index contributed by atoms with van der Waals surface area (Å²) in [6.07, 6.45) is 0. The van der Waals surface area contributed by atoms with E-state index in [1.807, 2.05) is 0 Å². The first-order valence-electron chi connectivity index (χ1n) is 6.51. The van der Waals surface area contributed by atoms with Gasteiger partial charge in [-0.2, -0.15) is 0 Å². The smallest absolute Gasteiger partial charge is 0.274 e. The van der Waals surface area contributed by atoms with Gasteiger partial charge in [-0.05, 0) is 25.1 Å². The summed E-state index contributed by atoms with van der Waals surface area (Å²) in [5.74, 6) is -0.881. The second-order valence-corrected chi connectivity index (χ2v) is 4.59. The van der Waals surface area contributed by atoms with Crippen LogP contribution < -0.4 is 10.6 Å². The summed E-state index contributed by atoms with van der Waals surface area (Å²) in [5, 5.41) is 16.1. The molecule has 2 aromatic rings. The van der Waals surface area contributed by atoms with Crippen LogP contribution in [0.2, 0.25) is 0 Å². The van der Waals surface area contributed by atoms with E-state index in [9.17, 15) is 19.3 Å². The predicted molar refractivity (Wildman–Crippen MR) is 81.4 cm³/mol. The number of amides is 1. The Morgan fingerprint density at radius 1 is 1.18 bits per heavy atom. The summed E-state index contributed by atoms with van der Waals surface area (Å²) < 4.78 is 13.4. The molecule has 0 aliphatic rings. The van der Waals surface area contributed by atoms with E-state index in [1.165, 1.54) is 24.3 Å². The molecule has 0 fully saturated rings. The van der Waals surface area contributed by atoms with Crippen molar-refractivity contribution >= 4 is 23.0 Å². The van der Waals surface area contributed by atoms with Gasteiger partial charge in [0.25, 0.3) is 5.69 Å². The molecule has 7 heteroatoms. The van der Waals surface area contributed by atoms with E-state index >= 15 is 0 Å². The van der Waals surface area contributed by atoms with E-state index in [1.54, 1.807) is 25.1 Å². The van der Waals surface area contributed by atoms with Crippen LogP contribution in [-0.2, 0) is 4.79 Å². The predicted octanol–water partition coefficient (Wildman–Crippen LogP) is 3.09. The van der Waals surface area contributed by atoms with Gasteiger partial charge in [-0.15, -0.1) is 0 Å². The van der Waals surface area contributed by atoms with Crippen molar-refractivity contribution in [2.75, 3.05) is 17.2 Å². The van der Waals surface area contributed by atoms with Crippen molar-refractivity contribution in [1.29, 1.82) is 0 Å². The van der Waals surface area contributed by atoms with Crippen LogP contribution in [0.5, 0.6) is 0 Å². The molecule has 0 atom stereocenters. The Balaban J connectivity index is 2.02. The number of nitrogens with one attached hydrogen (secondary N) is 2. The standard InChI is InChI=1S/C15H14FN3O3/c1-10-12(7-4-8-14(10)19(21)22)18-15(20)9-17-13-6-3-2-5-11(13)16/h2-8,17H,9H2,1H3,(H,18,20). The van der Waals surface area contributed by atoms with Crippen LogP contribution in [0.4, 0.5) is 21.5 Å². The zero-order valence-electron chi connectivity index (χ0n) is 11.8. The molecule has 2 N–H and O–H groups in total. The topological polar surface area (TPSA) is 84.3 Å². The van der Waals surface area contributed by atoms with Crippen molar-refractivity contribution in [2.24, 2.45) is 0 Å². The molecule has 6 nitrogen and oxygen atoms in total. The molecule has 1 amide bonds. The zero-order valence-corrected chi connectivity index (χ0v) is 11.8. The third-order valence-electron chi connectivity index (χ3n) is 3.09. The molecular formula is C15H14FN3O3. The number of hydrogen-bond donors (Lipinski definition) is 2. The maximum Gasteiger partial charge on any atom is 0.274 e. The largest absolute Gasteiger partial charge is 0.374 e. The number of nitro groups is 1. The van der Waals surface area contributed by atoms with Crippen molar-refractivity contribution in [3.8, 4) is 0 Å². The second kappa shape index (κ2) is 6.66. The summed E-state index contributed by atoms with van der Waals surface area (Å²) in [4.78, 5) is 22.2. The van der Waals surface area contributed by atoms with Crippen molar-refractivity contribution in [3.63, 3.8) is 0 Å². The van der Waals surface area contributed by atoms with Gasteiger partial charge in [-0.25, -0.2) is 4.39 Å². The van der Waals surface area contributed by atoms with E-state index in [-0.39, 0.29) is 17.9 Å². The SMILES string of the molecule is Cc1c(NC(=O)CNc2ccccc2F)cccc1[N+](=O)[O-]. The Kier molecular flexibility index (Phi) is 4.67. The average molecular weight is 303 g/mol. The number of para-hydroxylation sites is 1. The highest BCUT2D eigenvalue weighted by Crippen LogP contribution is 2.24. The Hall–Kier alpha value is -2.96. The van der Waals surface area contributed by atoms with Gasteiger partial charge in [0.05, 0.1) is 28.4 Å². The fraction of sp³-hybridized carbons (Fsp3) is 0.133. The average Bonchev–Trinajstić information content (AvgIpc) is 2.48. The summed E-state index contributed by atoms with van der Waals surface area (Å²) in [6.45, 7) is 1.40. The highest BCUT2D eigenvalue weighted by Gasteiger charge is 2.14. The molecule has 22 heavy (non-hydrogen) atoms. The van der Waals surface area contributed by atoms with E-state index in [0.717, 1.165) is 0 Å². The molecule has 2 aromatic carbocycles. The van der Waals surface area contributed by atoms with Gasteiger partial charge in [-0.3, -0.25) is 14.9 Å². The summed E-state index contributed by atoms with van der Waals surface area (Å²) in [6, 6.07) is 10.4. The molecule has 0 aromatic heterocycles. The zero-order chi connectivity index (χ0) is 16.1. The number of nitro benzene ring substituents is 1. The minimum absolute atomic E-state index is 0.0696. The lowest BCUT2D eigenvalue weighted by atomic mass is 10.1. The van der Waals surface area contributed by atoms with Crippen LogP contribution >= 0.6 is 0 Å². The molecule has 0 unspecified atom stereocenters. The van der Waals surface area contributed by atoms with E-state index in [2.05, 4.69) is 10.6 Å². The number of nitrogens with zero attached hydrogens (tertiary/aromatic N) is 1. The monoisotopic (exact) mass is 303 g/mol. The van der Waals surface area contributed by atoms with Crippen LogP contribution in [0.25, 0.3) is 0 Å². The second-order valence-electron chi connectivity index (χ2n) is 4.59. The Morgan fingerprint density at radius 3 is 2.55 bits per heavy atom. The van der Waals surface area contributed by atoms with Crippen molar-refractivity contribution < 1.29 is 14.1 Å². The van der Waals surface area contributed by atoms with E-state index < -0.39 is 16.6 Å². The maximum absolute atomic E-state index is 13.4. The van der Waals surface area contributed by atoms with Gasteiger partial charge in [0.15, 0.2) is 0 Å². The molecule has 0 saturated heterocycles. The first kappa shape index (κ1) is 15.4. The van der Waals surface area contributed by atoms with Crippen LogP contribution in [0, 0.1) is 22.9 Å². The van der Waals surface area contributed by atoms with Crippen LogP contribution in [-0.4, -0.2) is 17.4 Å². The van der Waals surface area contributed by atoms with Gasteiger partial charge in [-0.1, -0.05) is 18.2 Å². The number of hydrogen-bond acceptors (Lipinski definition) is 4. The maximum atomic E-state index is 13.4. The quantitative estimate of drug-likeness (QED) is 0.656. The van der Waals surface area contributed by atoms with Gasteiger partial charge >= 0.3 is 0 Å². The number of benzene rings is 2. The molecular weight excluding hydrogens is 289 g/mol. The molecule has 0 heterocycles. The molecule has 0 aliphatic heterocycles. The highest BCUT2D eigenvalue weighted by molar-refractivity contribution is 5.94. The third-order valence-corrected chi connectivity index (χ3v) is 3.09. The molecule has 0 spiro atoms. The van der Waals surface area contributed by atoms with Gasteiger partial charge in [0, 0.05) is 6.07 Å². The summed E-state index contributed by atoms with van der Waals surface area (Å²) in [5.41, 5.74) is 0.870. The lowest BCUT2D eigenvalue weighted by Gasteiger charge is -2.10. The van der Waals surface area contributed by atoms with Gasteiger partial charge < -0.3 is 10.6 Å². The minimum Gasteiger partial charge on any atom is -0.374 e. The van der Waals surface area contributed by atoms with Crippen LogP contribution in [0.15, 0.2) is 42.5 Å².